The van der Waals surface area contributed by atoms with E-state index in [-0.39, 0.29) is 5.41 Å². The van der Waals surface area contributed by atoms with Crippen LogP contribution in [0.2, 0.25) is 0 Å². The monoisotopic (exact) mass is 210 g/mol. The van der Waals surface area contributed by atoms with Crippen molar-refractivity contribution in [3.63, 3.8) is 0 Å². The average molecular weight is 210 g/mol. The summed E-state index contributed by atoms with van der Waals surface area (Å²) in [5.41, 5.74) is 1.43. The lowest BCUT2D eigenvalue weighted by molar-refractivity contribution is -0.118. The van der Waals surface area contributed by atoms with Crippen molar-refractivity contribution in [2.75, 3.05) is 0 Å². The van der Waals surface area contributed by atoms with Gasteiger partial charge in [-0.15, -0.1) is 0 Å². The van der Waals surface area contributed by atoms with E-state index in [0.717, 1.165) is 12.0 Å². The Kier molecular flexibility index (Phi) is 3.87. The molecule has 1 rings (SSSR count). The first-order chi connectivity index (χ1) is 6.47. The predicted molar refractivity (Wildman–Crippen MR) is 61.7 cm³/mol. The van der Waals surface area contributed by atoms with Gasteiger partial charge in [-0.05, 0) is 34.2 Å². The molecular formula is C12H18OS. The lowest BCUT2D eigenvalue weighted by Crippen LogP contribution is -2.10. The van der Waals surface area contributed by atoms with Gasteiger partial charge in [-0.25, -0.2) is 0 Å². The molecule has 0 fully saturated rings. The molecule has 0 N–H and O–H groups in total. The van der Waals surface area contributed by atoms with Crippen LogP contribution in [0.1, 0.15) is 39.2 Å². The maximum absolute atomic E-state index is 11.6. The van der Waals surface area contributed by atoms with Crippen LogP contribution >= 0.6 is 11.3 Å². The van der Waals surface area contributed by atoms with E-state index in [2.05, 4.69) is 26.2 Å². The molecule has 1 aromatic rings. The van der Waals surface area contributed by atoms with Crippen LogP contribution in [0.15, 0.2) is 16.8 Å². The fourth-order valence-electron chi connectivity index (χ4n) is 1.22. The minimum Gasteiger partial charge on any atom is -0.299 e. The molecule has 0 bridgehead atoms. The molecule has 2 heteroatoms. The highest BCUT2D eigenvalue weighted by Crippen LogP contribution is 2.21. The number of rotatable bonds is 4. The summed E-state index contributed by atoms with van der Waals surface area (Å²) in [6.45, 7) is 6.51. The van der Waals surface area contributed by atoms with Crippen molar-refractivity contribution >= 4 is 17.1 Å². The van der Waals surface area contributed by atoms with Gasteiger partial charge < -0.3 is 0 Å². The number of hydrogen-bond donors (Lipinski definition) is 0. The fraction of sp³-hybridized carbons (Fsp3) is 0.583. The van der Waals surface area contributed by atoms with E-state index < -0.39 is 0 Å². The zero-order chi connectivity index (χ0) is 10.6. The van der Waals surface area contributed by atoms with E-state index in [4.69, 9.17) is 0 Å². The second kappa shape index (κ2) is 4.74. The van der Waals surface area contributed by atoms with Gasteiger partial charge in [0.05, 0.1) is 0 Å². The Morgan fingerprint density at radius 2 is 2.14 bits per heavy atom. The average Bonchev–Trinajstić information content (AvgIpc) is 2.52. The molecule has 0 saturated carbocycles. The third-order valence-electron chi connectivity index (χ3n) is 2.14. The van der Waals surface area contributed by atoms with Gasteiger partial charge in [-0.2, -0.15) is 11.3 Å². The lowest BCUT2D eigenvalue weighted by Gasteiger charge is -2.16. The molecule has 0 unspecified atom stereocenters. The van der Waals surface area contributed by atoms with Crippen molar-refractivity contribution in [1.29, 1.82) is 0 Å². The van der Waals surface area contributed by atoms with Crippen molar-refractivity contribution in [1.82, 2.24) is 0 Å². The summed E-state index contributed by atoms with van der Waals surface area (Å²) in [5.74, 6) is 0.360. The molecule has 0 aliphatic heterocycles. The maximum Gasteiger partial charge on any atom is 0.137 e. The minimum atomic E-state index is 0.268. The smallest absolute Gasteiger partial charge is 0.137 e. The Bertz CT molecular complexity index is 280. The molecule has 0 aliphatic rings. The lowest BCUT2D eigenvalue weighted by atomic mass is 9.89. The first-order valence-corrected chi connectivity index (χ1v) is 5.94. The van der Waals surface area contributed by atoms with Crippen molar-refractivity contribution < 1.29 is 4.79 Å². The maximum atomic E-state index is 11.6. The highest BCUT2D eigenvalue weighted by molar-refractivity contribution is 7.07. The first kappa shape index (κ1) is 11.4. The molecule has 1 nitrogen and oxygen atoms in total. The van der Waals surface area contributed by atoms with Crippen LogP contribution in [0.4, 0.5) is 0 Å². The minimum absolute atomic E-state index is 0.268. The van der Waals surface area contributed by atoms with Crippen molar-refractivity contribution in [3.8, 4) is 0 Å². The first-order valence-electron chi connectivity index (χ1n) is 5.00. The molecule has 78 valence electrons. The topological polar surface area (TPSA) is 17.1 Å². The van der Waals surface area contributed by atoms with Crippen molar-refractivity contribution in [3.05, 3.63) is 22.4 Å². The van der Waals surface area contributed by atoms with Crippen LogP contribution < -0.4 is 0 Å². The van der Waals surface area contributed by atoms with Crippen LogP contribution in [0.5, 0.6) is 0 Å². The predicted octanol–water partition coefficient (Wildman–Crippen LogP) is 3.69. The third-order valence-corrected chi connectivity index (χ3v) is 2.87. The second-order valence-corrected chi connectivity index (χ2v) is 5.69. The molecular weight excluding hydrogens is 192 g/mol. The Morgan fingerprint density at radius 3 is 2.64 bits per heavy atom. The van der Waals surface area contributed by atoms with E-state index in [0.29, 0.717) is 18.6 Å². The van der Waals surface area contributed by atoms with Gasteiger partial charge in [0.15, 0.2) is 0 Å². The number of Topliss-reactive ketones (excluding diaryl/α,β-unsaturated/α-hetero) is 1. The second-order valence-electron chi connectivity index (χ2n) is 4.91. The van der Waals surface area contributed by atoms with Crippen molar-refractivity contribution in [2.45, 2.75) is 40.0 Å². The zero-order valence-corrected chi connectivity index (χ0v) is 9.99. The molecule has 0 radical (unpaired) electrons. The summed E-state index contributed by atoms with van der Waals surface area (Å²) >= 11 is 1.65. The Labute approximate surface area is 90.2 Å². The molecule has 0 saturated heterocycles. The summed E-state index contributed by atoms with van der Waals surface area (Å²) in [7, 11) is 0. The van der Waals surface area contributed by atoms with E-state index in [1.54, 1.807) is 11.3 Å². The quantitative estimate of drug-likeness (QED) is 0.740. The number of hydrogen-bond acceptors (Lipinski definition) is 2. The molecule has 0 spiro atoms. The van der Waals surface area contributed by atoms with Gasteiger partial charge in [0.2, 0.25) is 0 Å². The molecule has 0 aliphatic carbocycles. The van der Waals surface area contributed by atoms with Gasteiger partial charge in [0.1, 0.15) is 5.78 Å². The van der Waals surface area contributed by atoms with Gasteiger partial charge in [-0.3, -0.25) is 4.79 Å². The number of ketones is 1. The summed E-state index contributed by atoms with van der Waals surface area (Å²) < 4.78 is 0. The van der Waals surface area contributed by atoms with Crippen LogP contribution in [0, 0.1) is 5.41 Å². The summed E-state index contributed by atoms with van der Waals surface area (Å²) in [4.78, 5) is 11.6. The van der Waals surface area contributed by atoms with E-state index in [1.165, 1.54) is 0 Å². The highest BCUT2D eigenvalue weighted by atomic mass is 32.1. The summed E-state index contributed by atoms with van der Waals surface area (Å²) in [6.07, 6.45) is 2.30. The number of thiophene rings is 1. The number of carbonyl (C=O) groups is 1. The van der Waals surface area contributed by atoms with E-state index in [9.17, 15) is 4.79 Å². The largest absolute Gasteiger partial charge is 0.299 e. The number of carbonyl (C=O) groups excluding carboxylic acids is 1. The molecule has 0 aromatic carbocycles. The van der Waals surface area contributed by atoms with E-state index in [1.807, 2.05) is 11.4 Å². The van der Waals surface area contributed by atoms with Gasteiger partial charge >= 0.3 is 0 Å². The highest BCUT2D eigenvalue weighted by Gasteiger charge is 2.13. The van der Waals surface area contributed by atoms with Crippen molar-refractivity contribution in [2.24, 2.45) is 5.41 Å². The SMILES string of the molecule is CC(C)(C)CCC(=O)Cc1ccsc1. The summed E-state index contributed by atoms with van der Waals surface area (Å²) in [6, 6.07) is 2.03. The van der Waals surface area contributed by atoms with Crippen LogP contribution in [0.25, 0.3) is 0 Å². The molecule has 0 amide bonds. The normalized spacial score (nSPS) is 11.6. The standard InChI is InChI=1S/C12H18OS/c1-12(2,3)6-4-11(13)8-10-5-7-14-9-10/h5,7,9H,4,6,8H2,1-3H3. The Hall–Kier alpha value is -0.630. The van der Waals surface area contributed by atoms with Crippen LogP contribution in [-0.2, 0) is 11.2 Å². The van der Waals surface area contributed by atoms with E-state index >= 15 is 0 Å². The van der Waals surface area contributed by atoms with Gasteiger partial charge in [0, 0.05) is 12.8 Å². The van der Waals surface area contributed by atoms with Gasteiger partial charge in [0.25, 0.3) is 0 Å². The molecule has 1 heterocycles. The fourth-order valence-corrected chi connectivity index (χ4v) is 1.89. The van der Waals surface area contributed by atoms with Crippen LogP contribution in [-0.4, -0.2) is 5.78 Å². The molecule has 0 atom stereocenters. The third kappa shape index (κ3) is 4.56. The molecule has 14 heavy (non-hydrogen) atoms. The Balaban J connectivity index is 2.30. The zero-order valence-electron chi connectivity index (χ0n) is 9.17. The Morgan fingerprint density at radius 1 is 1.43 bits per heavy atom. The van der Waals surface area contributed by atoms with Gasteiger partial charge in [-0.1, -0.05) is 20.8 Å². The van der Waals surface area contributed by atoms with Crippen LogP contribution in [0.3, 0.4) is 0 Å². The summed E-state index contributed by atoms with van der Waals surface area (Å²) in [5, 5.41) is 4.07. The molecule has 1 aromatic heterocycles.